The number of nitrogens with zero attached hydrogens (tertiary/aromatic N) is 3. The lowest BCUT2D eigenvalue weighted by Gasteiger charge is -2.15. The summed E-state index contributed by atoms with van der Waals surface area (Å²) >= 11 is 6.25. The van der Waals surface area contributed by atoms with Crippen molar-refractivity contribution in [3.8, 4) is 5.75 Å². The van der Waals surface area contributed by atoms with Crippen LogP contribution in [0.5, 0.6) is 5.75 Å². The maximum atomic E-state index is 13.0. The molecule has 0 saturated carbocycles. The summed E-state index contributed by atoms with van der Waals surface area (Å²) in [5.41, 5.74) is 3.05. The Morgan fingerprint density at radius 1 is 1.38 bits per heavy atom. The number of pyridine rings is 1. The number of halogens is 1. The van der Waals surface area contributed by atoms with Gasteiger partial charge in [0.1, 0.15) is 5.75 Å². The van der Waals surface area contributed by atoms with Gasteiger partial charge < -0.3 is 20.1 Å². The summed E-state index contributed by atoms with van der Waals surface area (Å²) < 4.78 is 12.7. The van der Waals surface area contributed by atoms with E-state index in [1.807, 2.05) is 29.8 Å². The molecule has 2 N–H and O–H groups in total. The van der Waals surface area contributed by atoms with Crippen LogP contribution in [0.1, 0.15) is 35.7 Å². The summed E-state index contributed by atoms with van der Waals surface area (Å²) in [4.78, 5) is 17.5. The van der Waals surface area contributed by atoms with Gasteiger partial charge in [-0.3, -0.25) is 4.79 Å². The molecule has 0 radical (unpaired) electrons. The Labute approximate surface area is 192 Å². The Kier molecular flexibility index (Phi) is 7.12. The molecule has 0 aliphatic carbocycles. The number of fused-ring (bicyclic) bond motifs is 1. The fourth-order valence-corrected chi connectivity index (χ4v) is 4.21. The van der Waals surface area contributed by atoms with Crippen LogP contribution in [0.25, 0.3) is 11.0 Å². The Morgan fingerprint density at radius 3 is 2.97 bits per heavy atom. The number of carbonyl (C=O) groups is 1. The zero-order valence-electron chi connectivity index (χ0n) is 18.4. The van der Waals surface area contributed by atoms with Crippen LogP contribution in [-0.2, 0) is 17.7 Å². The molecule has 8 nitrogen and oxygen atoms in total. The third kappa shape index (κ3) is 4.81. The number of amides is 1. The van der Waals surface area contributed by atoms with E-state index >= 15 is 0 Å². The van der Waals surface area contributed by atoms with Crippen LogP contribution in [0.15, 0.2) is 30.6 Å². The Bertz CT molecular complexity index is 1090. The van der Waals surface area contributed by atoms with Crippen molar-refractivity contribution in [1.29, 1.82) is 0 Å². The summed E-state index contributed by atoms with van der Waals surface area (Å²) in [6, 6.07) is 5.74. The molecule has 0 bridgehead atoms. The monoisotopic (exact) mass is 457 g/mol. The molecule has 1 aliphatic rings. The van der Waals surface area contributed by atoms with Crippen molar-refractivity contribution in [2.24, 2.45) is 0 Å². The topological polar surface area (TPSA) is 90.3 Å². The second-order valence-electron chi connectivity index (χ2n) is 7.74. The van der Waals surface area contributed by atoms with Gasteiger partial charge in [-0.25, -0.2) is 9.67 Å². The first-order valence-electron chi connectivity index (χ1n) is 10.9. The Morgan fingerprint density at radius 2 is 2.25 bits per heavy atom. The molecule has 1 aliphatic heterocycles. The molecule has 1 aromatic carbocycles. The lowest BCUT2D eigenvalue weighted by Crippen LogP contribution is -2.32. The van der Waals surface area contributed by atoms with E-state index in [9.17, 15) is 4.79 Å². The van der Waals surface area contributed by atoms with Crippen molar-refractivity contribution in [3.05, 3.63) is 46.7 Å². The molecular weight excluding hydrogens is 430 g/mol. The fourth-order valence-electron chi connectivity index (χ4n) is 3.93. The number of methoxy groups -OCH3 is 1. The van der Waals surface area contributed by atoms with Gasteiger partial charge in [0.05, 0.1) is 41.1 Å². The minimum atomic E-state index is -0.172. The number of carbonyl (C=O) groups excluding carboxylic acids is 1. The van der Waals surface area contributed by atoms with E-state index in [-0.39, 0.29) is 12.0 Å². The minimum Gasteiger partial charge on any atom is -0.495 e. The van der Waals surface area contributed by atoms with Gasteiger partial charge >= 0.3 is 0 Å². The number of ether oxygens (including phenoxy) is 2. The van der Waals surface area contributed by atoms with Gasteiger partial charge in [-0.05, 0) is 43.9 Å². The smallest absolute Gasteiger partial charge is 0.255 e. The van der Waals surface area contributed by atoms with Crippen LogP contribution in [0.4, 0.5) is 5.69 Å². The highest BCUT2D eigenvalue weighted by atomic mass is 35.5. The van der Waals surface area contributed by atoms with Gasteiger partial charge in [0.25, 0.3) is 5.91 Å². The number of aromatic nitrogens is 3. The predicted octanol–water partition coefficient (Wildman–Crippen LogP) is 3.68. The number of hydrogen-bond donors (Lipinski definition) is 2. The van der Waals surface area contributed by atoms with Gasteiger partial charge in [0, 0.05) is 32.4 Å². The van der Waals surface area contributed by atoms with Gasteiger partial charge in [-0.2, -0.15) is 5.10 Å². The molecule has 2 aromatic heterocycles. The summed E-state index contributed by atoms with van der Waals surface area (Å²) in [6.45, 7) is 4.58. The number of hydrogen-bond acceptors (Lipinski definition) is 6. The molecule has 1 amide bonds. The lowest BCUT2D eigenvalue weighted by atomic mass is 10.1. The SMILES string of the molecule is CCn1ncc2c(NCCc3ccc(OC)c(Cl)c3)c(C(=O)NC[C@H]3CCCO3)cnc21. The first-order valence-corrected chi connectivity index (χ1v) is 11.3. The molecule has 32 heavy (non-hydrogen) atoms. The molecule has 1 saturated heterocycles. The number of rotatable bonds is 9. The first kappa shape index (κ1) is 22.4. The third-order valence-electron chi connectivity index (χ3n) is 5.66. The molecule has 1 fully saturated rings. The lowest BCUT2D eigenvalue weighted by molar-refractivity contribution is 0.0858. The predicted molar refractivity (Wildman–Crippen MR) is 125 cm³/mol. The zero-order valence-corrected chi connectivity index (χ0v) is 19.1. The third-order valence-corrected chi connectivity index (χ3v) is 5.95. The summed E-state index contributed by atoms with van der Waals surface area (Å²) in [5.74, 6) is 0.477. The molecule has 3 aromatic rings. The first-order chi connectivity index (χ1) is 15.6. The molecule has 1 atom stereocenters. The largest absolute Gasteiger partial charge is 0.495 e. The number of aryl methyl sites for hydroxylation is 1. The van der Waals surface area contributed by atoms with Crippen molar-refractivity contribution in [2.75, 3.05) is 32.1 Å². The van der Waals surface area contributed by atoms with Crippen LogP contribution < -0.4 is 15.4 Å². The average Bonchev–Trinajstić information content (AvgIpc) is 3.47. The van der Waals surface area contributed by atoms with E-state index in [2.05, 4.69) is 20.7 Å². The van der Waals surface area contributed by atoms with Gasteiger partial charge in [0.15, 0.2) is 5.65 Å². The molecule has 3 heterocycles. The quantitative estimate of drug-likeness (QED) is 0.509. The molecule has 4 rings (SSSR count). The molecule has 0 unspecified atom stereocenters. The van der Waals surface area contributed by atoms with Crippen LogP contribution in [0, 0.1) is 0 Å². The van der Waals surface area contributed by atoms with E-state index in [4.69, 9.17) is 21.1 Å². The maximum absolute atomic E-state index is 13.0. The van der Waals surface area contributed by atoms with Gasteiger partial charge in [0.2, 0.25) is 0 Å². The molecule has 9 heteroatoms. The average molecular weight is 458 g/mol. The highest BCUT2D eigenvalue weighted by molar-refractivity contribution is 6.32. The second-order valence-corrected chi connectivity index (χ2v) is 8.14. The number of benzene rings is 1. The highest BCUT2D eigenvalue weighted by Gasteiger charge is 2.21. The van der Waals surface area contributed by atoms with Crippen LogP contribution in [-0.4, -0.2) is 53.6 Å². The van der Waals surface area contributed by atoms with Gasteiger partial charge in [-0.1, -0.05) is 17.7 Å². The molecule has 0 spiro atoms. The standard InChI is InChI=1S/C23H28ClN5O3/c1-3-29-22-17(14-28-29)21(25-9-8-15-6-7-20(31-2)19(24)11-15)18(13-26-22)23(30)27-12-16-5-4-10-32-16/h6-7,11,13-14,16H,3-5,8-10,12H2,1-2H3,(H,25,26)(H,27,30)/t16-/m1/s1. The molecular formula is C23H28ClN5O3. The van der Waals surface area contributed by atoms with E-state index in [0.717, 1.165) is 48.2 Å². The van der Waals surface area contributed by atoms with E-state index in [1.165, 1.54) is 0 Å². The number of nitrogens with one attached hydrogen (secondary N) is 2. The highest BCUT2D eigenvalue weighted by Crippen LogP contribution is 2.27. The molecule has 170 valence electrons. The van der Waals surface area contributed by atoms with Crippen LogP contribution >= 0.6 is 11.6 Å². The van der Waals surface area contributed by atoms with Crippen molar-refractivity contribution in [2.45, 2.75) is 38.8 Å². The number of anilines is 1. The fraction of sp³-hybridized carbons (Fsp3) is 0.435. The van der Waals surface area contributed by atoms with E-state index in [0.29, 0.717) is 36.0 Å². The van der Waals surface area contributed by atoms with Crippen LogP contribution in [0.3, 0.4) is 0 Å². The van der Waals surface area contributed by atoms with Crippen molar-refractivity contribution in [1.82, 2.24) is 20.1 Å². The van der Waals surface area contributed by atoms with Crippen LogP contribution in [0.2, 0.25) is 5.02 Å². The van der Waals surface area contributed by atoms with Crippen molar-refractivity contribution in [3.63, 3.8) is 0 Å². The van der Waals surface area contributed by atoms with Crippen molar-refractivity contribution >= 4 is 34.2 Å². The Hall–Kier alpha value is -2.84. The normalized spacial score (nSPS) is 15.8. The van der Waals surface area contributed by atoms with E-state index in [1.54, 1.807) is 19.5 Å². The van der Waals surface area contributed by atoms with Gasteiger partial charge in [-0.15, -0.1) is 0 Å². The zero-order chi connectivity index (χ0) is 22.5. The van der Waals surface area contributed by atoms with E-state index < -0.39 is 0 Å². The summed E-state index contributed by atoms with van der Waals surface area (Å²) in [6.07, 6.45) is 6.19. The van der Waals surface area contributed by atoms with Crippen molar-refractivity contribution < 1.29 is 14.3 Å². The second kappa shape index (κ2) is 10.2. The minimum absolute atomic E-state index is 0.0784. The Balaban J connectivity index is 1.53. The maximum Gasteiger partial charge on any atom is 0.255 e. The summed E-state index contributed by atoms with van der Waals surface area (Å²) in [5, 5.41) is 12.2. The summed E-state index contributed by atoms with van der Waals surface area (Å²) in [7, 11) is 1.60.